The van der Waals surface area contributed by atoms with Gasteiger partial charge in [-0.05, 0) is 102 Å². The molecule has 0 spiro atoms. The summed E-state index contributed by atoms with van der Waals surface area (Å²) < 4.78 is 7.17. The number of hydrogen-bond donors (Lipinski definition) is 0. The quantitative estimate of drug-likeness (QED) is 0.175. The Morgan fingerprint density at radius 1 is 0.311 bits per heavy atom. The molecule has 0 bridgehead atoms. The van der Waals surface area contributed by atoms with Crippen LogP contribution in [0.1, 0.15) is 11.1 Å². The number of benzene rings is 9. The van der Waals surface area contributed by atoms with Crippen molar-refractivity contribution in [3.05, 3.63) is 211 Å². The minimum atomic E-state index is 0.464. The normalized spacial score (nSPS) is 11.6. The van der Waals surface area contributed by atoms with Crippen LogP contribution in [-0.4, -0.2) is 13.7 Å². The lowest BCUT2D eigenvalue weighted by atomic mass is 9.94. The van der Waals surface area contributed by atoms with Gasteiger partial charge in [0.25, 0.3) is 0 Å². The average molecular weight is 776 g/mol. The second-order valence-electron chi connectivity index (χ2n) is 15.6. The molecule has 0 aliphatic rings. The first-order chi connectivity index (χ1) is 30.2. The first-order valence-electron chi connectivity index (χ1n) is 20.4. The zero-order valence-corrected chi connectivity index (χ0v) is 32.8. The van der Waals surface area contributed by atoms with Crippen molar-refractivity contribution in [2.45, 2.75) is 0 Å². The summed E-state index contributed by atoms with van der Waals surface area (Å²) in [6.07, 6.45) is 0. The average Bonchev–Trinajstić information content (AvgIpc) is 3.96. The molecule has 5 heteroatoms. The minimum Gasteiger partial charge on any atom is -0.309 e. The van der Waals surface area contributed by atoms with E-state index in [-0.39, 0.29) is 0 Å². The Labute approximate surface area is 351 Å². The molecule has 0 amide bonds. The van der Waals surface area contributed by atoms with Gasteiger partial charge in [-0.25, -0.2) is 0 Å². The predicted molar refractivity (Wildman–Crippen MR) is 250 cm³/mol. The number of hydrogen-bond acceptors (Lipinski definition) is 2. The van der Waals surface area contributed by atoms with E-state index in [1.165, 1.54) is 43.6 Å². The van der Waals surface area contributed by atoms with E-state index in [0.717, 1.165) is 61.1 Å². The molecule has 61 heavy (non-hydrogen) atoms. The molecule has 3 heterocycles. The number of aromatic nitrogens is 3. The van der Waals surface area contributed by atoms with Crippen LogP contribution in [0.25, 0.3) is 105 Å². The van der Waals surface area contributed by atoms with Gasteiger partial charge in [0.15, 0.2) is 0 Å². The zero-order valence-electron chi connectivity index (χ0n) is 32.8. The molecule has 3 aromatic heterocycles. The zero-order chi connectivity index (χ0) is 40.6. The van der Waals surface area contributed by atoms with Crippen molar-refractivity contribution >= 4 is 65.4 Å². The van der Waals surface area contributed by atoms with Crippen LogP contribution in [0, 0.1) is 22.7 Å². The van der Waals surface area contributed by atoms with Crippen LogP contribution >= 0.6 is 0 Å². The summed E-state index contributed by atoms with van der Waals surface area (Å²) in [5.74, 6) is 0. The molecule has 0 radical (unpaired) electrons. The van der Waals surface area contributed by atoms with Crippen molar-refractivity contribution in [2.24, 2.45) is 0 Å². The van der Waals surface area contributed by atoms with Gasteiger partial charge in [-0.1, -0.05) is 115 Å². The molecule has 0 saturated heterocycles. The van der Waals surface area contributed by atoms with E-state index in [0.29, 0.717) is 11.1 Å². The minimum absolute atomic E-state index is 0.464. The molecular weight excluding hydrogens is 743 g/mol. The number of para-hydroxylation sites is 4. The van der Waals surface area contributed by atoms with E-state index in [4.69, 9.17) is 0 Å². The monoisotopic (exact) mass is 775 g/mol. The van der Waals surface area contributed by atoms with Crippen LogP contribution in [0.4, 0.5) is 0 Å². The maximum atomic E-state index is 10.2. The van der Waals surface area contributed by atoms with E-state index >= 15 is 0 Å². The highest BCUT2D eigenvalue weighted by Gasteiger charge is 2.21. The maximum absolute atomic E-state index is 10.2. The molecule has 0 aliphatic carbocycles. The molecule has 282 valence electrons. The topological polar surface area (TPSA) is 62.4 Å². The molecule has 0 aliphatic heterocycles. The van der Waals surface area contributed by atoms with Crippen molar-refractivity contribution in [3.63, 3.8) is 0 Å². The molecule has 0 N–H and O–H groups in total. The molecule has 9 aromatic carbocycles. The summed E-state index contributed by atoms with van der Waals surface area (Å²) in [4.78, 5) is 0. The second-order valence-corrected chi connectivity index (χ2v) is 15.6. The summed E-state index contributed by atoms with van der Waals surface area (Å²) in [7, 11) is 0. The van der Waals surface area contributed by atoms with E-state index < -0.39 is 0 Å². The molecule has 12 rings (SSSR count). The Morgan fingerprint density at radius 3 is 1.28 bits per heavy atom. The lowest BCUT2D eigenvalue weighted by molar-refractivity contribution is 1.16. The largest absolute Gasteiger partial charge is 0.309 e. The fourth-order valence-electron chi connectivity index (χ4n) is 9.64. The van der Waals surface area contributed by atoms with Crippen molar-refractivity contribution in [2.75, 3.05) is 0 Å². The Kier molecular flexibility index (Phi) is 7.59. The van der Waals surface area contributed by atoms with Crippen LogP contribution in [0.2, 0.25) is 0 Å². The highest BCUT2D eigenvalue weighted by atomic mass is 15.0. The first kappa shape index (κ1) is 34.4. The van der Waals surface area contributed by atoms with Gasteiger partial charge < -0.3 is 13.7 Å². The van der Waals surface area contributed by atoms with Crippen LogP contribution in [0.15, 0.2) is 200 Å². The smallest absolute Gasteiger partial charge is 0.0998 e. The van der Waals surface area contributed by atoms with Gasteiger partial charge in [-0.2, -0.15) is 10.5 Å². The van der Waals surface area contributed by atoms with E-state index in [2.05, 4.69) is 202 Å². The molecule has 0 unspecified atom stereocenters. The summed E-state index contributed by atoms with van der Waals surface area (Å²) in [6, 6.07) is 75.1. The summed E-state index contributed by atoms with van der Waals surface area (Å²) in [5.41, 5.74) is 14.8. The van der Waals surface area contributed by atoms with E-state index in [1.807, 2.05) is 12.1 Å². The van der Waals surface area contributed by atoms with Crippen molar-refractivity contribution in [1.82, 2.24) is 13.7 Å². The Morgan fingerprint density at radius 2 is 0.787 bits per heavy atom. The van der Waals surface area contributed by atoms with Crippen LogP contribution in [-0.2, 0) is 0 Å². The molecule has 0 atom stereocenters. The highest BCUT2D eigenvalue weighted by Crippen LogP contribution is 2.42. The van der Waals surface area contributed by atoms with Crippen LogP contribution < -0.4 is 0 Å². The summed E-state index contributed by atoms with van der Waals surface area (Å²) in [6.45, 7) is 0. The van der Waals surface area contributed by atoms with Crippen molar-refractivity contribution in [3.8, 4) is 51.5 Å². The molecular formula is C56H33N5. The standard InChI is InChI=1S/C56H33N5/c57-34-36-22-26-42(39(30-36)35-58)38-23-27-54(47(31-38)37-12-2-1-3-13-37)61-55-28-24-40(59-50-18-8-4-14-43(50)44-15-5-9-19-51(44)59)32-48(55)49-33-41(25-29-56(49)61)60-52-20-10-6-16-45(52)46-17-7-11-21-53(46)60/h1-33H. The third-order valence-electron chi connectivity index (χ3n) is 12.3. The molecule has 0 fully saturated rings. The fourth-order valence-corrected chi connectivity index (χ4v) is 9.64. The molecule has 0 saturated carbocycles. The lowest BCUT2D eigenvalue weighted by Crippen LogP contribution is -1.99. The maximum Gasteiger partial charge on any atom is 0.0998 e. The Bertz CT molecular complexity index is 3570. The Hall–Kier alpha value is -8.64. The van der Waals surface area contributed by atoms with Gasteiger partial charge in [0.2, 0.25) is 0 Å². The molecule has 5 nitrogen and oxygen atoms in total. The van der Waals surface area contributed by atoms with Gasteiger partial charge in [0.05, 0.1) is 62.1 Å². The fraction of sp³-hybridized carbons (Fsp3) is 0. The summed E-state index contributed by atoms with van der Waals surface area (Å²) >= 11 is 0. The van der Waals surface area contributed by atoms with Crippen LogP contribution in [0.3, 0.4) is 0 Å². The number of nitrogens with zero attached hydrogens (tertiary/aromatic N) is 5. The number of fused-ring (bicyclic) bond motifs is 9. The number of rotatable bonds is 5. The van der Waals surface area contributed by atoms with Crippen molar-refractivity contribution in [1.29, 1.82) is 10.5 Å². The van der Waals surface area contributed by atoms with Crippen molar-refractivity contribution < 1.29 is 0 Å². The van der Waals surface area contributed by atoms with Crippen LogP contribution in [0.5, 0.6) is 0 Å². The van der Waals surface area contributed by atoms with Gasteiger partial charge in [-0.15, -0.1) is 0 Å². The van der Waals surface area contributed by atoms with E-state index in [1.54, 1.807) is 12.1 Å². The highest BCUT2D eigenvalue weighted by molar-refractivity contribution is 6.14. The first-order valence-corrected chi connectivity index (χ1v) is 20.4. The third kappa shape index (κ3) is 5.18. The van der Waals surface area contributed by atoms with Gasteiger partial charge >= 0.3 is 0 Å². The van der Waals surface area contributed by atoms with E-state index in [9.17, 15) is 10.5 Å². The summed E-state index contributed by atoms with van der Waals surface area (Å²) in [5, 5.41) is 26.9. The van der Waals surface area contributed by atoms with Gasteiger partial charge in [0, 0.05) is 49.3 Å². The SMILES string of the molecule is N#Cc1ccc(-c2ccc(-n3c4ccc(-n5c6ccccc6c6ccccc65)cc4c4cc(-n5c6ccccc6c6ccccc65)ccc43)c(-c3ccccc3)c2)c(C#N)c1. The van der Waals surface area contributed by atoms with Gasteiger partial charge in [-0.3, -0.25) is 0 Å². The third-order valence-corrected chi connectivity index (χ3v) is 12.3. The number of nitriles is 2. The predicted octanol–water partition coefficient (Wildman–Crippen LogP) is 14.1. The lowest BCUT2D eigenvalue weighted by Gasteiger charge is -2.17. The van der Waals surface area contributed by atoms with Gasteiger partial charge in [0.1, 0.15) is 0 Å². The second kappa shape index (κ2) is 13.5. The Balaban J connectivity index is 1.17. The molecule has 12 aromatic rings.